The van der Waals surface area contributed by atoms with Gasteiger partial charge in [-0.1, -0.05) is 11.6 Å². The van der Waals surface area contributed by atoms with Crippen molar-refractivity contribution in [1.29, 1.82) is 0 Å². The number of rotatable bonds is 4. The van der Waals surface area contributed by atoms with Gasteiger partial charge in [0.25, 0.3) is 0 Å². The van der Waals surface area contributed by atoms with Gasteiger partial charge in [-0.25, -0.2) is 9.78 Å². The van der Waals surface area contributed by atoms with Crippen molar-refractivity contribution in [1.82, 2.24) is 9.88 Å². The van der Waals surface area contributed by atoms with Crippen LogP contribution in [0, 0.1) is 16.0 Å². The van der Waals surface area contributed by atoms with E-state index in [4.69, 9.17) is 16.3 Å². The number of carbonyl (C=O) groups is 1. The first-order valence-electron chi connectivity index (χ1n) is 7.67. The molecule has 1 saturated heterocycles. The monoisotopic (exact) mass is 356 g/mol. The van der Waals surface area contributed by atoms with Crippen molar-refractivity contribution in [2.24, 2.45) is 5.92 Å². The summed E-state index contributed by atoms with van der Waals surface area (Å²) >= 11 is 5.74. The number of pyridine rings is 1. The van der Waals surface area contributed by atoms with Crippen LogP contribution in [0.15, 0.2) is 12.3 Å². The third-order valence-corrected chi connectivity index (χ3v) is 3.73. The molecule has 0 aliphatic carbocycles. The molecule has 1 aliphatic heterocycles. The summed E-state index contributed by atoms with van der Waals surface area (Å²) in [5.74, 6) is 0.356. The number of nitrogens with one attached hydrogen (secondary N) is 1. The van der Waals surface area contributed by atoms with E-state index in [1.54, 1.807) is 4.90 Å². The Hall–Kier alpha value is -2.09. The Labute approximate surface area is 145 Å². The Morgan fingerprint density at radius 1 is 1.58 bits per heavy atom. The van der Waals surface area contributed by atoms with Gasteiger partial charge in [0.15, 0.2) is 0 Å². The molecule has 132 valence electrons. The molecule has 0 radical (unpaired) electrons. The Kier molecular flexibility index (Phi) is 5.48. The molecule has 1 amide bonds. The third kappa shape index (κ3) is 4.95. The molecule has 1 fully saturated rings. The van der Waals surface area contributed by atoms with Crippen molar-refractivity contribution < 1.29 is 14.5 Å². The summed E-state index contributed by atoms with van der Waals surface area (Å²) in [6.45, 7) is 7.11. The second-order valence-corrected chi connectivity index (χ2v) is 7.18. The van der Waals surface area contributed by atoms with Gasteiger partial charge in [0.2, 0.25) is 5.82 Å². The van der Waals surface area contributed by atoms with Gasteiger partial charge in [-0.3, -0.25) is 10.1 Å². The van der Waals surface area contributed by atoms with Crippen LogP contribution in [0.4, 0.5) is 16.3 Å². The number of anilines is 1. The van der Waals surface area contributed by atoms with Crippen LogP contribution in [0.25, 0.3) is 0 Å². The molecule has 0 unspecified atom stereocenters. The zero-order chi connectivity index (χ0) is 17.9. The third-order valence-electron chi connectivity index (χ3n) is 3.53. The van der Waals surface area contributed by atoms with Crippen molar-refractivity contribution in [3.63, 3.8) is 0 Å². The molecule has 0 aromatic carbocycles. The van der Waals surface area contributed by atoms with Crippen LogP contribution in [0.3, 0.4) is 0 Å². The van der Waals surface area contributed by atoms with Gasteiger partial charge < -0.3 is 15.0 Å². The lowest BCUT2D eigenvalue weighted by Crippen LogP contribution is -2.35. The number of amides is 1. The number of hydrogen-bond donors (Lipinski definition) is 1. The van der Waals surface area contributed by atoms with Gasteiger partial charge in [0.1, 0.15) is 5.60 Å². The fraction of sp³-hybridized carbons (Fsp3) is 0.600. The van der Waals surface area contributed by atoms with Gasteiger partial charge in [0.05, 0.1) is 9.95 Å². The first-order chi connectivity index (χ1) is 11.2. The summed E-state index contributed by atoms with van der Waals surface area (Å²) in [5.41, 5.74) is -0.689. The van der Waals surface area contributed by atoms with Gasteiger partial charge in [-0.05, 0) is 33.1 Å². The van der Waals surface area contributed by atoms with Gasteiger partial charge in [-0.2, -0.15) is 0 Å². The summed E-state index contributed by atoms with van der Waals surface area (Å²) in [4.78, 5) is 28.2. The second-order valence-electron chi connectivity index (χ2n) is 6.74. The predicted octanol–water partition coefficient (Wildman–Crippen LogP) is 3.31. The maximum atomic E-state index is 12.0. The first kappa shape index (κ1) is 18.3. The fourth-order valence-corrected chi connectivity index (χ4v) is 2.59. The van der Waals surface area contributed by atoms with Crippen molar-refractivity contribution in [2.45, 2.75) is 32.8 Å². The molecule has 1 atom stereocenters. The lowest BCUT2D eigenvalue weighted by Gasteiger charge is -2.24. The topological polar surface area (TPSA) is 97.6 Å². The SMILES string of the molecule is CC(C)(C)OC(=O)N1CC[C@@H](CNc2ncc(Cl)cc2[N+](=O)[O-])C1. The van der Waals surface area contributed by atoms with E-state index in [-0.39, 0.29) is 28.5 Å². The minimum Gasteiger partial charge on any atom is -0.444 e. The van der Waals surface area contributed by atoms with Crippen LogP contribution >= 0.6 is 11.6 Å². The molecule has 0 spiro atoms. The Balaban J connectivity index is 1.91. The summed E-state index contributed by atoms with van der Waals surface area (Å²) < 4.78 is 5.35. The molecule has 0 bridgehead atoms. The highest BCUT2D eigenvalue weighted by Crippen LogP contribution is 2.26. The van der Waals surface area contributed by atoms with Crippen LogP contribution in [0.1, 0.15) is 27.2 Å². The van der Waals surface area contributed by atoms with Crippen LogP contribution in [-0.2, 0) is 4.74 Å². The van der Waals surface area contributed by atoms with Crippen molar-refractivity contribution in [3.8, 4) is 0 Å². The van der Waals surface area contributed by atoms with Crippen LogP contribution in [0.5, 0.6) is 0 Å². The number of likely N-dealkylation sites (tertiary alicyclic amines) is 1. The maximum absolute atomic E-state index is 12.0. The Morgan fingerprint density at radius 3 is 2.92 bits per heavy atom. The second kappa shape index (κ2) is 7.21. The van der Waals surface area contributed by atoms with E-state index < -0.39 is 10.5 Å². The molecular formula is C15H21ClN4O4. The van der Waals surface area contributed by atoms with E-state index in [0.29, 0.717) is 19.6 Å². The number of carbonyl (C=O) groups excluding carboxylic acids is 1. The minimum absolute atomic E-state index is 0.163. The number of nitro groups is 1. The number of aromatic nitrogens is 1. The number of nitrogens with zero attached hydrogens (tertiary/aromatic N) is 3. The predicted molar refractivity (Wildman–Crippen MR) is 90.3 cm³/mol. The van der Waals surface area contributed by atoms with E-state index in [1.165, 1.54) is 12.3 Å². The quantitative estimate of drug-likeness (QED) is 0.656. The maximum Gasteiger partial charge on any atom is 0.410 e. The number of halogens is 1. The molecule has 2 heterocycles. The first-order valence-corrected chi connectivity index (χ1v) is 8.05. The average Bonchev–Trinajstić information content (AvgIpc) is 2.93. The molecular weight excluding hydrogens is 336 g/mol. The summed E-state index contributed by atoms with van der Waals surface area (Å²) in [6.07, 6.45) is 1.83. The molecule has 0 saturated carbocycles. The molecule has 8 nitrogen and oxygen atoms in total. The van der Waals surface area contributed by atoms with Crippen LogP contribution < -0.4 is 5.32 Å². The highest BCUT2D eigenvalue weighted by molar-refractivity contribution is 6.30. The summed E-state index contributed by atoms with van der Waals surface area (Å²) in [7, 11) is 0. The zero-order valence-electron chi connectivity index (χ0n) is 13.9. The van der Waals surface area contributed by atoms with Gasteiger partial charge in [0, 0.05) is 31.9 Å². The molecule has 1 aliphatic rings. The van der Waals surface area contributed by atoms with Crippen molar-refractivity contribution >= 4 is 29.2 Å². The van der Waals surface area contributed by atoms with Gasteiger partial charge in [-0.15, -0.1) is 0 Å². The number of hydrogen-bond acceptors (Lipinski definition) is 6. The Morgan fingerprint density at radius 2 is 2.29 bits per heavy atom. The summed E-state index contributed by atoms with van der Waals surface area (Å²) in [5, 5.41) is 14.2. The lowest BCUT2D eigenvalue weighted by molar-refractivity contribution is -0.384. The molecule has 2 rings (SSSR count). The molecule has 1 N–H and O–H groups in total. The fourth-order valence-electron chi connectivity index (χ4n) is 2.44. The van der Waals surface area contributed by atoms with E-state index in [9.17, 15) is 14.9 Å². The number of ether oxygens (including phenoxy) is 1. The smallest absolute Gasteiger partial charge is 0.410 e. The molecule has 1 aromatic heterocycles. The molecule has 9 heteroatoms. The van der Waals surface area contributed by atoms with Crippen molar-refractivity contribution in [3.05, 3.63) is 27.4 Å². The minimum atomic E-state index is -0.527. The van der Waals surface area contributed by atoms with Crippen LogP contribution in [-0.4, -0.2) is 46.1 Å². The highest BCUT2D eigenvalue weighted by Gasteiger charge is 2.30. The van der Waals surface area contributed by atoms with Crippen molar-refractivity contribution in [2.75, 3.05) is 25.0 Å². The van der Waals surface area contributed by atoms with E-state index >= 15 is 0 Å². The molecule has 24 heavy (non-hydrogen) atoms. The standard InChI is InChI=1S/C15H21ClN4O4/c1-15(2,3)24-14(21)19-5-4-10(9-19)7-17-13-12(20(22)23)6-11(16)8-18-13/h6,8,10H,4-5,7,9H2,1-3H3,(H,17,18)/t10-/m0/s1. The van der Waals surface area contributed by atoms with Gasteiger partial charge >= 0.3 is 11.8 Å². The molecule has 1 aromatic rings. The van der Waals surface area contributed by atoms with E-state index in [0.717, 1.165) is 6.42 Å². The normalized spacial score (nSPS) is 17.7. The van der Waals surface area contributed by atoms with Crippen LogP contribution in [0.2, 0.25) is 5.02 Å². The van der Waals surface area contributed by atoms with E-state index in [1.807, 2.05) is 20.8 Å². The lowest BCUT2D eigenvalue weighted by atomic mass is 10.1. The average molecular weight is 357 g/mol. The van der Waals surface area contributed by atoms with E-state index in [2.05, 4.69) is 10.3 Å². The Bertz CT molecular complexity index is 632. The zero-order valence-corrected chi connectivity index (χ0v) is 14.7. The summed E-state index contributed by atoms with van der Waals surface area (Å²) in [6, 6.07) is 1.26. The highest BCUT2D eigenvalue weighted by atomic mass is 35.5. The largest absolute Gasteiger partial charge is 0.444 e.